The highest BCUT2D eigenvalue weighted by atomic mass is 16.1. The van der Waals surface area contributed by atoms with E-state index < -0.39 is 0 Å². The number of nitrogens with zero attached hydrogens (tertiary/aromatic N) is 3. The summed E-state index contributed by atoms with van der Waals surface area (Å²) in [6.07, 6.45) is 1.65. The molecule has 0 spiro atoms. The molecule has 0 fully saturated rings. The van der Waals surface area contributed by atoms with Crippen LogP contribution in [0.25, 0.3) is 0 Å². The molecule has 0 aliphatic carbocycles. The number of carbonyl (C=O) groups excluding carboxylic acids is 1. The van der Waals surface area contributed by atoms with Crippen LogP contribution < -0.4 is 4.90 Å². The van der Waals surface area contributed by atoms with Gasteiger partial charge in [-0.05, 0) is 17.7 Å². The molecule has 134 valence electrons. The van der Waals surface area contributed by atoms with Crippen molar-refractivity contribution >= 4 is 23.4 Å². The largest absolute Gasteiger partial charge is 0.378 e. The third-order valence-corrected chi connectivity index (χ3v) is 4.07. The number of rotatable bonds is 6. The third kappa shape index (κ3) is 4.76. The lowest BCUT2D eigenvalue weighted by Crippen LogP contribution is -2.15. The van der Waals surface area contributed by atoms with E-state index in [9.17, 15) is 4.79 Å². The van der Waals surface area contributed by atoms with Gasteiger partial charge in [0, 0.05) is 30.9 Å². The van der Waals surface area contributed by atoms with E-state index in [4.69, 9.17) is 0 Å². The molecule has 27 heavy (non-hydrogen) atoms. The molecule has 0 atom stereocenters. The van der Waals surface area contributed by atoms with Crippen molar-refractivity contribution in [3.63, 3.8) is 0 Å². The zero-order valence-electron chi connectivity index (χ0n) is 15.4. The number of ketones is 1. The SMILES string of the molecule is CN(C)c1ccc(/C=N\N=C(\C(=O)c2ccccc2)c2ccccc2)cc1. The lowest BCUT2D eigenvalue weighted by atomic mass is 10.0. The average molecular weight is 355 g/mol. The molecule has 3 aromatic carbocycles. The van der Waals surface area contributed by atoms with Gasteiger partial charge in [0.15, 0.2) is 0 Å². The van der Waals surface area contributed by atoms with Crippen molar-refractivity contribution in [3.05, 3.63) is 102 Å². The highest BCUT2D eigenvalue weighted by Crippen LogP contribution is 2.12. The Balaban J connectivity index is 1.89. The van der Waals surface area contributed by atoms with E-state index in [0.29, 0.717) is 11.3 Å². The van der Waals surface area contributed by atoms with Crippen LogP contribution in [-0.2, 0) is 0 Å². The summed E-state index contributed by atoms with van der Waals surface area (Å²) < 4.78 is 0. The average Bonchev–Trinajstić information content (AvgIpc) is 2.72. The number of hydrogen-bond donors (Lipinski definition) is 0. The van der Waals surface area contributed by atoms with Crippen LogP contribution in [0.3, 0.4) is 0 Å². The predicted octanol–water partition coefficient (Wildman–Crippen LogP) is 4.46. The second kappa shape index (κ2) is 8.72. The quantitative estimate of drug-likeness (QED) is 0.372. The van der Waals surface area contributed by atoms with Crippen LogP contribution in [0, 0.1) is 0 Å². The first kappa shape index (κ1) is 18.3. The van der Waals surface area contributed by atoms with Crippen LogP contribution in [0.1, 0.15) is 21.5 Å². The molecule has 0 bridgehead atoms. The molecular weight excluding hydrogens is 334 g/mol. The molecule has 4 heteroatoms. The Labute approximate surface area is 159 Å². The Morgan fingerprint density at radius 3 is 1.89 bits per heavy atom. The molecule has 3 aromatic rings. The lowest BCUT2D eigenvalue weighted by molar-refractivity contribution is 0.106. The minimum absolute atomic E-state index is 0.151. The fourth-order valence-corrected chi connectivity index (χ4v) is 2.57. The summed E-state index contributed by atoms with van der Waals surface area (Å²) >= 11 is 0. The van der Waals surface area contributed by atoms with Crippen LogP contribution >= 0.6 is 0 Å². The van der Waals surface area contributed by atoms with Crippen molar-refractivity contribution in [1.29, 1.82) is 0 Å². The van der Waals surface area contributed by atoms with Gasteiger partial charge in [-0.25, -0.2) is 0 Å². The standard InChI is InChI=1S/C23H21N3O/c1-26(2)21-15-13-18(14-16-21)17-24-25-22(19-9-5-3-6-10-19)23(27)20-11-7-4-8-12-20/h3-17H,1-2H3/b24-17-,25-22+. The topological polar surface area (TPSA) is 45.0 Å². The van der Waals surface area contributed by atoms with E-state index >= 15 is 0 Å². The Bertz CT molecular complexity index is 944. The third-order valence-electron chi connectivity index (χ3n) is 4.07. The van der Waals surface area contributed by atoms with E-state index in [1.807, 2.05) is 91.8 Å². The van der Waals surface area contributed by atoms with Gasteiger partial charge in [0.1, 0.15) is 5.71 Å². The van der Waals surface area contributed by atoms with Crippen molar-refractivity contribution < 1.29 is 4.79 Å². The molecule has 0 aliphatic heterocycles. The number of hydrogen-bond acceptors (Lipinski definition) is 4. The van der Waals surface area contributed by atoms with Crippen LogP contribution in [0.4, 0.5) is 5.69 Å². The molecule has 0 N–H and O–H groups in total. The number of benzene rings is 3. The Morgan fingerprint density at radius 1 is 0.778 bits per heavy atom. The maximum atomic E-state index is 12.9. The van der Waals surface area contributed by atoms with Crippen molar-refractivity contribution in [3.8, 4) is 0 Å². The molecule has 3 rings (SSSR count). The summed E-state index contributed by atoms with van der Waals surface area (Å²) in [6.45, 7) is 0. The van der Waals surface area contributed by atoms with Crippen molar-refractivity contribution in [1.82, 2.24) is 0 Å². The summed E-state index contributed by atoms with van der Waals surface area (Å²) in [4.78, 5) is 14.9. The molecule has 0 amide bonds. The second-order valence-corrected chi connectivity index (χ2v) is 6.24. The van der Waals surface area contributed by atoms with Gasteiger partial charge in [-0.2, -0.15) is 5.10 Å². The zero-order valence-corrected chi connectivity index (χ0v) is 15.4. The molecule has 0 unspecified atom stereocenters. The van der Waals surface area contributed by atoms with Crippen molar-refractivity contribution in [2.45, 2.75) is 0 Å². The van der Waals surface area contributed by atoms with Gasteiger partial charge in [-0.3, -0.25) is 4.79 Å². The summed E-state index contributed by atoms with van der Waals surface area (Å²) in [6, 6.07) is 26.5. The molecule has 0 aromatic heterocycles. The van der Waals surface area contributed by atoms with Gasteiger partial charge >= 0.3 is 0 Å². The van der Waals surface area contributed by atoms with E-state index in [1.54, 1.807) is 18.3 Å². The summed E-state index contributed by atoms with van der Waals surface area (Å²) in [7, 11) is 3.99. The van der Waals surface area contributed by atoms with Gasteiger partial charge < -0.3 is 4.90 Å². The van der Waals surface area contributed by atoms with Crippen LogP contribution in [0.5, 0.6) is 0 Å². The summed E-state index contributed by atoms with van der Waals surface area (Å²) in [5, 5.41) is 8.42. The van der Waals surface area contributed by atoms with E-state index in [0.717, 1.165) is 16.8 Å². The fourth-order valence-electron chi connectivity index (χ4n) is 2.57. The predicted molar refractivity (Wildman–Crippen MR) is 112 cm³/mol. The highest BCUT2D eigenvalue weighted by Gasteiger charge is 2.15. The van der Waals surface area contributed by atoms with Crippen molar-refractivity contribution in [2.24, 2.45) is 10.2 Å². The Hall–Kier alpha value is -3.53. The summed E-state index contributed by atoms with van der Waals surface area (Å²) in [5.41, 5.74) is 3.68. The first-order valence-corrected chi connectivity index (χ1v) is 8.69. The second-order valence-electron chi connectivity index (χ2n) is 6.24. The minimum atomic E-state index is -0.151. The van der Waals surface area contributed by atoms with E-state index in [2.05, 4.69) is 10.2 Å². The number of carbonyl (C=O) groups is 1. The monoisotopic (exact) mass is 355 g/mol. The molecule has 0 saturated heterocycles. The molecule has 0 heterocycles. The van der Waals surface area contributed by atoms with E-state index in [1.165, 1.54) is 0 Å². The molecule has 4 nitrogen and oxygen atoms in total. The van der Waals surface area contributed by atoms with E-state index in [-0.39, 0.29) is 5.78 Å². The van der Waals surface area contributed by atoms with Gasteiger partial charge in [0.25, 0.3) is 0 Å². The van der Waals surface area contributed by atoms with Crippen LogP contribution in [-0.4, -0.2) is 31.8 Å². The maximum absolute atomic E-state index is 12.9. The van der Waals surface area contributed by atoms with Gasteiger partial charge in [-0.15, -0.1) is 5.10 Å². The Kier molecular flexibility index (Phi) is 5.90. The normalized spacial score (nSPS) is 11.6. The number of anilines is 1. The number of Topliss-reactive ketones (excluding diaryl/α,β-unsaturated/α-hetero) is 1. The van der Waals surface area contributed by atoms with Crippen molar-refractivity contribution in [2.75, 3.05) is 19.0 Å². The zero-order chi connectivity index (χ0) is 19.1. The van der Waals surface area contributed by atoms with Crippen LogP contribution in [0.15, 0.2) is 95.1 Å². The lowest BCUT2D eigenvalue weighted by Gasteiger charge is -2.11. The fraction of sp³-hybridized carbons (Fsp3) is 0.0870. The van der Waals surface area contributed by atoms with Gasteiger partial charge in [0.2, 0.25) is 5.78 Å². The first-order valence-electron chi connectivity index (χ1n) is 8.69. The minimum Gasteiger partial charge on any atom is -0.378 e. The smallest absolute Gasteiger partial charge is 0.213 e. The Morgan fingerprint density at radius 2 is 1.33 bits per heavy atom. The highest BCUT2D eigenvalue weighted by molar-refractivity contribution is 6.51. The van der Waals surface area contributed by atoms with Gasteiger partial charge in [0.05, 0.1) is 6.21 Å². The first-order chi connectivity index (χ1) is 13.1. The summed E-state index contributed by atoms with van der Waals surface area (Å²) in [5.74, 6) is -0.151. The molecule has 0 aliphatic rings. The molecule has 0 radical (unpaired) electrons. The van der Waals surface area contributed by atoms with Crippen LogP contribution in [0.2, 0.25) is 0 Å². The molecule has 0 saturated carbocycles. The van der Waals surface area contributed by atoms with Gasteiger partial charge in [-0.1, -0.05) is 72.8 Å². The molecular formula is C23H21N3O. The maximum Gasteiger partial charge on any atom is 0.213 e.